The Morgan fingerprint density at radius 2 is 1.41 bits per heavy atom. The van der Waals surface area contributed by atoms with Gasteiger partial charge in [-0.3, -0.25) is 33.6 Å². The number of nitrogens with zero attached hydrogens (tertiary/aromatic N) is 1. The summed E-state index contributed by atoms with van der Waals surface area (Å²) in [5.41, 5.74) is 1.25. The van der Waals surface area contributed by atoms with Crippen molar-refractivity contribution in [2.24, 2.45) is 17.8 Å². The van der Waals surface area contributed by atoms with E-state index < -0.39 is 59.4 Å². The van der Waals surface area contributed by atoms with E-state index in [0.717, 1.165) is 17.7 Å². The van der Waals surface area contributed by atoms with Crippen LogP contribution in [0.5, 0.6) is 0 Å². The average Bonchev–Trinajstić information content (AvgIpc) is 3.27. The molecule has 2 aliphatic rings. The van der Waals surface area contributed by atoms with Gasteiger partial charge in [-0.25, -0.2) is 4.90 Å². The zero-order valence-corrected chi connectivity index (χ0v) is 23.6. The number of amides is 6. The van der Waals surface area contributed by atoms with Gasteiger partial charge in [0.25, 0.3) is 11.8 Å². The maximum Gasteiger partial charge on any atom is 0.302 e. The van der Waals surface area contributed by atoms with Crippen molar-refractivity contribution in [3.05, 3.63) is 42.0 Å². The highest BCUT2D eigenvalue weighted by Crippen LogP contribution is 2.31. The average molecular weight is 569 g/mol. The first-order chi connectivity index (χ1) is 19.4. The zero-order valence-electron chi connectivity index (χ0n) is 23.6. The van der Waals surface area contributed by atoms with Crippen LogP contribution < -0.4 is 16.0 Å². The molecule has 1 saturated carbocycles. The molecule has 1 aliphatic carbocycles. The summed E-state index contributed by atoms with van der Waals surface area (Å²) in [6.07, 6.45) is 3.55. The molecule has 6 amide bonds. The van der Waals surface area contributed by atoms with Gasteiger partial charge in [0.15, 0.2) is 0 Å². The molecule has 2 atom stereocenters. The SMILES string of the molecule is CC(=O)OCc1ccc(NC(=O)[C@H](C)NC(=O)[C@@H](NC(=O)C2CCC(C(=O)N3C(=O)C=CC3=O)CC2)C(C)C)cc1. The number of benzene rings is 1. The minimum Gasteiger partial charge on any atom is -0.461 e. The zero-order chi connectivity index (χ0) is 30.3. The van der Waals surface area contributed by atoms with Crippen molar-refractivity contribution in [1.29, 1.82) is 0 Å². The van der Waals surface area contributed by atoms with E-state index in [2.05, 4.69) is 16.0 Å². The fourth-order valence-electron chi connectivity index (χ4n) is 4.70. The van der Waals surface area contributed by atoms with Crippen LogP contribution in [0.25, 0.3) is 0 Å². The molecule has 3 rings (SSSR count). The highest BCUT2D eigenvalue weighted by Gasteiger charge is 2.38. The number of hydrogen-bond acceptors (Lipinski definition) is 8. The van der Waals surface area contributed by atoms with Gasteiger partial charge in [0.2, 0.25) is 23.6 Å². The van der Waals surface area contributed by atoms with Crippen molar-refractivity contribution in [2.75, 3.05) is 5.32 Å². The van der Waals surface area contributed by atoms with Gasteiger partial charge >= 0.3 is 5.97 Å². The Hall–Kier alpha value is -4.35. The molecule has 0 radical (unpaired) electrons. The number of carbonyl (C=O) groups excluding carboxylic acids is 7. The number of nitrogens with one attached hydrogen (secondary N) is 3. The molecular weight excluding hydrogens is 532 g/mol. The molecule has 1 heterocycles. The second-order valence-corrected chi connectivity index (χ2v) is 10.7. The van der Waals surface area contributed by atoms with E-state index in [1.807, 2.05) is 0 Å². The third kappa shape index (κ3) is 8.32. The lowest BCUT2D eigenvalue weighted by atomic mass is 9.80. The van der Waals surface area contributed by atoms with Gasteiger partial charge in [-0.05, 0) is 56.2 Å². The predicted octanol–water partition coefficient (Wildman–Crippen LogP) is 1.59. The Labute approximate surface area is 238 Å². The quantitative estimate of drug-likeness (QED) is 0.282. The molecule has 1 aromatic rings. The summed E-state index contributed by atoms with van der Waals surface area (Å²) in [6, 6.07) is 4.94. The van der Waals surface area contributed by atoms with Crippen LogP contribution in [0.3, 0.4) is 0 Å². The minimum absolute atomic E-state index is 0.121. The van der Waals surface area contributed by atoms with E-state index in [-0.39, 0.29) is 18.4 Å². The fourth-order valence-corrected chi connectivity index (χ4v) is 4.70. The topological polar surface area (TPSA) is 168 Å². The van der Waals surface area contributed by atoms with Crippen LogP contribution in [0.4, 0.5) is 5.69 Å². The van der Waals surface area contributed by atoms with Gasteiger partial charge in [-0.15, -0.1) is 0 Å². The molecule has 12 heteroatoms. The van der Waals surface area contributed by atoms with Crippen LogP contribution in [0.15, 0.2) is 36.4 Å². The molecule has 1 fully saturated rings. The second kappa shape index (κ2) is 13.8. The molecule has 1 aliphatic heterocycles. The van der Waals surface area contributed by atoms with Crippen molar-refractivity contribution >= 4 is 47.1 Å². The second-order valence-electron chi connectivity index (χ2n) is 10.7. The van der Waals surface area contributed by atoms with Crippen molar-refractivity contribution < 1.29 is 38.3 Å². The van der Waals surface area contributed by atoms with Crippen molar-refractivity contribution in [3.8, 4) is 0 Å². The van der Waals surface area contributed by atoms with E-state index in [0.29, 0.717) is 36.3 Å². The Morgan fingerprint density at radius 1 is 0.854 bits per heavy atom. The molecule has 0 saturated heterocycles. The monoisotopic (exact) mass is 568 g/mol. The third-order valence-electron chi connectivity index (χ3n) is 7.14. The largest absolute Gasteiger partial charge is 0.461 e. The summed E-state index contributed by atoms with van der Waals surface area (Å²) in [7, 11) is 0. The number of esters is 1. The van der Waals surface area contributed by atoms with E-state index in [9.17, 15) is 33.6 Å². The Balaban J connectivity index is 1.49. The predicted molar refractivity (Wildman–Crippen MR) is 146 cm³/mol. The van der Waals surface area contributed by atoms with Gasteiger partial charge in [-0.2, -0.15) is 0 Å². The van der Waals surface area contributed by atoms with E-state index in [4.69, 9.17) is 4.74 Å². The van der Waals surface area contributed by atoms with E-state index >= 15 is 0 Å². The standard InChI is InChI=1S/C29H36N4O8/c1-16(2)25(28(39)30-17(3)26(37)31-22-11-5-19(6-12-22)15-41-18(4)34)32-27(38)20-7-9-21(10-8-20)29(40)33-23(35)13-14-24(33)36/h5-6,11-14,16-17,20-21,25H,7-10,15H2,1-4H3,(H,30,39)(H,31,37)(H,32,38)/t17-,20?,21?,25-/m0/s1. The van der Waals surface area contributed by atoms with Gasteiger partial charge in [0.1, 0.15) is 18.7 Å². The molecule has 220 valence electrons. The normalized spacial score (nSPS) is 19.9. The van der Waals surface area contributed by atoms with Crippen molar-refractivity contribution in [3.63, 3.8) is 0 Å². The summed E-state index contributed by atoms with van der Waals surface area (Å²) in [5.74, 6) is -4.75. The number of hydrogen-bond donors (Lipinski definition) is 3. The van der Waals surface area contributed by atoms with Crippen LogP contribution in [0.2, 0.25) is 0 Å². The van der Waals surface area contributed by atoms with Crippen LogP contribution in [0.1, 0.15) is 58.9 Å². The Kier molecular flexibility index (Phi) is 10.5. The lowest BCUT2D eigenvalue weighted by Gasteiger charge is -2.30. The molecule has 0 spiro atoms. The number of rotatable bonds is 10. The number of ether oxygens (including phenoxy) is 1. The number of anilines is 1. The summed E-state index contributed by atoms with van der Waals surface area (Å²) in [5, 5.41) is 8.15. The summed E-state index contributed by atoms with van der Waals surface area (Å²) in [4.78, 5) is 86.6. The summed E-state index contributed by atoms with van der Waals surface area (Å²) < 4.78 is 4.94. The van der Waals surface area contributed by atoms with E-state index in [1.165, 1.54) is 13.8 Å². The minimum atomic E-state index is -0.895. The number of carbonyl (C=O) groups is 7. The molecule has 3 N–H and O–H groups in total. The lowest BCUT2D eigenvalue weighted by molar-refractivity contribution is -0.152. The van der Waals surface area contributed by atoms with Crippen molar-refractivity contribution in [2.45, 2.75) is 72.1 Å². The molecule has 0 unspecified atom stereocenters. The van der Waals surface area contributed by atoms with Crippen LogP contribution >= 0.6 is 0 Å². The van der Waals surface area contributed by atoms with Crippen LogP contribution in [-0.4, -0.2) is 58.4 Å². The molecule has 0 bridgehead atoms. The highest BCUT2D eigenvalue weighted by molar-refractivity contribution is 6.23. The fraction of sp³-hybridized carbons (Fsp3) is 0.483. The first kappa shape index (κ1) is 31.2. The van der Waals surface area contributed by atoms with Gasteiger partial charge in [-0.1, -0.05) is 26.0 Å². The maximum atomic E-state index is 13.0. The first-order valence-corrected chi connectivity index (χ1v) is 13.6. The molecule has 1 aromatic carbocycles. The summed E-state index contributed by atoms with van der Waals surface area (Å²) >= 11 is 0. The molecule has 41 heavy (non-hydrogen) atoms. The Bertz CT molecular complexity index is 1210. The first-order valence-electron chi connectivity index (χ1n) is 13.6. The molecule has 0 aromatic heterocycles. The van der Waals surface area contributed by atoms with E-state index in [1.54, 1.807) is 38.1 Å². The van der Waals surface area contributed by atoms with Gasteiger partial charge in [0.05, 0.1) is 0 Å². The third-order valence-corrected chi connectivity index (χ3v) is 7.14. The van der Waals surface area contributed by atoms with Gasteiger partial charge < -0.3 is 20.7 Å². The van der Waals surface area contributed by atoms with Crippen LogP contribution in [-0.2, 0) is 44.9 Å². The number of imide groups is 3. The Morgan fingerprint density at radius 3 is 1.95 bits per heavy atom. The molecule has 12 nitrogen and oxygen atoms in total. The maximum absolute atomic E-state index is 13.0. The summed E-state index contributed by atoms with van der Waals surface area (Å²) in [6.45, 7) is 6.53. The van der Waals surface area contributed by atoms with Crippen LogP contribution in [0, 0.1) is 17.8 Å². The smallest absolute Gasteiger partial charge is 0.302 e. The van der Waals surface area contributed by atoms with Crippen molar-refractivity contribution in [1.82, 2.24) is 15.5 Å². The van der Waals surface area contributed by atoms with Gasteiger partial charge in [0, 0.05) is 36.6 Å². The highest BCUT2D eigenvalue weighted by atomic mass is 16.5. The molecular formula is C29H36N4O8. The lowest BCUT2D eigenvalue weighted by Crippen LogP contribution is -2.54.